The molecule has 1 amide bonds. The Labute approximate surface area is 125 Å². The molecule has 1 heterocycles. The first-order chi connectivity index (χ1) is 10.6. The second-order valence-corrected chi connectivity index (χ2v) is 4.78. The lowest BCUT2D eigenvalue weighted by atomic mass is 10.2. The van der Waals surface area contributed by atoms with Gasteiger partial charge in [0, 0.05) is 0 Å². The van der Waals surface area contributed by atoms with Crippen LogP contribution < -0.4 is 17.0 Å². The van der Waals surface area contributed by atoms with Crippen molar-refractivity contribution in [2.24, 2.45) is 5.84 Å². The zero-order valence-electron chi connectivity index (χ0n) is 11.6. The summed E-state index contributed by atoms with van der Waals surface area (Å²) < 4.78 is 15.7. The molecule has 0 aliphatic carbocycles. The number of fused-ring (bicyclic) bond motifs is 1. The molecule has 3 rings (SSSR count). The van der Waals surface area contributed by atoms with E-state index in [1.807, 2.05) is 0 Å². The molecule has 6 nitrogen and oxygen atoms in total. The van der Waals surface area contributed by atoms with Crippen LogP contribution in [-0.4, -0.2) is 15.5 Å². The number of carbonyl (C=O) groups excluding carboxylic acids is 1. The highest BCUT2D eigenvalue weighted by Crippen LogP contribution is 2.29. The number of carbonyl (C=O) groups is 1. The summed E-state index contributed by atoms with van der Waals surface area (Å²) >= 11 is 0. The highest BCUT2D eigenvalue weighted by atomic mass is 19.1. The monoisotopic (exact) mass is 299 g/mol. The molecule has 0 saturated carbocycles. The maximum Gasteiger partial charge on any atom is 0.253 e. The molecule has 0 aliphatic heterocycles. The number of hydrazine groups is 1. The quantitative estimate of drug-likeness (QED) is 0.295. The van der Waals surface area contributed by atoms with Crippen LogP contribution in [0.1, 0.15) is 0 Å². The first-order valence-electron chi connectivity index (χ1n) is 6.61. The summed E-state index contributed by atoms with van der Waals surface area (Å²) in [6.07, 6.45) is 0. The molecular weight excluding hydrogens is 285 g/mol. The molecule has 1 aromatic heterocycles. The van der Waals surface area contributed by atoms with E-state index in [1.165, 1.54) is 6.07 Å². The summed E-state index contributed by atoms with van der Waals surface area (Å²) in [5.41, 5.74) is 9.90. The average molecular weight is 299 g/mol. The first-order valence-corrected chi connectivity index (χ1v) is 6.61. The summed E-state index contributed by atoms with van der Waals surface area (Å²) in [5.74, 6) is 4.64. The largest absolute Gasteiger partial charge is 0.397 e. The molecule has 7 heteroatoms. The maximum atomic E-state index is 14.1. The fraction of sp³-hybridized carbons (Fsp3) is 0.0667. The van der Waals surface area contributed by atoms with Crippen LogP contribution in [0.2, 0.25) is 0 Å². The standard InChI is InChI=1S/C15H14FN5O/c16-10-5-2-1-4-9(10)15-19-14-11(17)6-3-7-12(14)21(15)8-13(22)20-18/h1-7H,8,17-18H2,(H,20,22). The van der Waals surface area contributed by atoms with Gasteiger partial charge < -0.3 is 10.3 Å². The molecule has 22 heavy (non-hydrogen) atoms. The van der Waals surface area contributed by atoms with E-state index in [0.29, 0.717) is 28.1 Å². The normalized spacial score (nSPS) is 10.8. The lowest BCUT2D eigenvalue weighted by Crippen LogP contribution is -2.33. The average Bonchev–Trinajstić information content (AvgIpc) is 2.88. The molecule has 0 saturated heterocycles. The predicted molar refractivity (Wildman–Crippen MR) is 81.9 cm³/mol. The number of rotatable bonds is 3. The van der Waals surface area contributed by atoms with Gasteiger partial charge in [-0.3, -0.25) is 10.2 Å². The van der Waals surface area contributed by atoms with E-state index in [0.717, 1.165) is 0 Å². The molecule has 0 unspecified atom stereocenters. The highest BCUT2D eigenvalue weighted by Gasteiger charge is 2.18. The molecule has 0 radical (unpaired) electrons. The third kappa shape index (κ3) is 2.27. The molecule has 0 spiro atoms. The Balaban J connectivity index is 2.29. The number of halogens is 1. The second kappa shape index (κ2) is 5.45. The van der Waals surface area contributed by atoms with Crippen molar-refractivity contribution in [1.82, 2.24) is 15.0 Å². The minimum atomic E-state index is -0.425. The fourth-order valence-electron chi connectivity index (χ4n) is 2.37. The van der Waals surface area contributed by atoms with Crippen molar-refractivity contribution in [1.29, 1.82) is 0 Å². The minimum Gasteiger partial charge on any atom is -0.397 e. The van der Waals surface area contributed by atoms with Crippen molar-refractivity contribution in [2.75, 3.05) is 5.73 Å². The Bertz CT molecular complexity index is 858. The van der Waals surface area contributed by atoms with Crippen LogP contribution >= 0.6 is 0 Å². The lowest BCUT2D eigenvalue weighted by molar-refractivity contribution is -0.121. The number of hydrogen-bond donors (Lipinski definition) is 3. The third-order valence-corrected chi connectivity index (χ3v) is 3.39. The van der Waals surface area contributed by atoms with Gasteiger partial charge in [-0.1, -0.05) is 18.2 Å². The Morgan fingerprint density at radius 2 is 2.00 bits per heavy atom. The number of imidazole rings is 1. The topological polar surface area (TPSA) is 99.0 Å². The van der Waals surface area contributed by atoms with Crippen LogP contribution in [0.3, 0.4) is 0 Å². The number of nitrogens with one attached hydrogen (secondary N) is 1. The van der Waals surface area contributed by atoms with Crippen LogP contribution in [0.5, 0.6) is 0 Å². The lowest BCUT2D eigenvalue weighted by Gasteiger charge is -2.09. The van der Waals surface area contributed by atoms with Crippen molar-refractivity contribution < 1.29 is 9.18 Å². The van der Waals surface area contributed by atoms with Gasteiger partial charge in [-0.2, -0.15) is 0 Å². The van der Waals surface area contributed by atoms with Crippen molar-refractivity contribution in [3.63, 3.8) is 0 Å². The third-order valence-electron chi connectivity index (χ3n) is 3.39. The van der Waals surface area contributed by atoms with E-state index in [-0.39, 0.29) is 6.54 Å². The number of aromatic nitrogens is 2. The van der Waals surface area contributed by atoms with Gasteiger partial charge >= 0.3 is 0 Å². The number of nitrogen functional groups attached to an aromatic ring is 1. The zero-order valence-corrected chi connectivity index (χ0v) is 11.6. The van der Waals surface area contributed by atoms with E-state index in [1.54, 1.807) is 41.0 Å². The van der Waals surface area contributed by atoms with Crippen molar-refractivity contribution in [2.45, 2.75) is 6.54 Å². The smallest absolute Gasteiger partial charge is 0.253 e. The van der Waals surface area contributed by atoms with Crippen LogP contribution in [0.4, 0.5) is 10.1 Å². The Kier molecular flexibility index (Phi) is 3.48. The van der Waals surface area contributed by atoms with Crippen LogP contribution in [0.15, 0.2) is 42.5 Å². The van der Waals surface area contributed by atoms with Gasteiger partial charge in [-0.25, -0.2) is 15.2 Å². The van der Waals surface area contributed by atoms with E-state index in [9.17, 15) is 9.18 Å². The first kappa shape index (κ1) is 14.0. The van der Waals surface area contributed by atoms with Crippen LogP contribution in [-0.2, 0) is 11.3 Å². The van der Waals surface area contributed by atoms with Crippen LogP contribution in [0.25, 0.3) is 22.4 Å². The summed E-state index contributed by atoms with van der Waals surface area (Å²) in [5, 5.41) is 0. The summed E-state index contributed by atoms with van der Waals surface area (Å²) in [7, 11) is 0. The number of para-hydroxylation sites is 1. The summed E-state index contributed by atoms with van der Waals surface area (Å²) in [4.78, 5) is 16.1. The molecule has 0 atom stereocenters. The molecular formula is C15H14FN5O. The number of hydrogen-bond acceptors (Lipinski definition) is 4. The summed E-state index contributed by atoms with van der Waals surface area (Å²) in [6, 6.07) is 11.5. The van der Waals surface area contributed by atoms with Crippen LogP contribution in [0, 0.1) is 5.82 Å². The van der Waals surface area contributed by atoms with E-state index in [2.05, 4.69) is 10.4 Å². The molecule has 112 valence electrons. The van der Waals surface area contributed by atoms with Gasteiger partial charge in [-0.15, -0.1) is 0 Å². The molecule has 3 aromatic rings. The Morgan fingerprint density at radius 3 is 2.73 bits per heavy atom. The SMILES string of the molecule is NNC(=O)Cn1c(-c2ccccc2F)nc2c(N)cccc21. The summed E-state index contributed by atoms with van der Waals surface area (Å²) in [6.45, 7) is -0.0832. The molecule has 2 aromatic carbocycles. The predicted octanol–water partition coefficient (Wildman–Crippen LogP) is 1.41. The number of amides is 1. The fourth-order valence-corrected chi connectivity index (χ4v) is 2.37. The zero-order chi connectivity index (χ0) is 15.7. The van der Waals surface area contributed by atoms with Gasteiger partial charge in [-0.05, 0) is 24.3 Å². The molecule has 5 N–H and O–H groups in total. The number of anilines is 1. The highest BCUT2D eigenvalue weighted by molar-refractivity contribution is 5.91. The number of nitrogens with two attached hydrogens (primary N) is 2. The van der Waals surface area contributed by atoms with Gasteiger partial charge in [0.05, 0.1) is 16.8 Å². The van der Waals surface area contributed by atoms with E-state index < -0.39 is 11.7 Å². The molecule has 0 fully saturated rings. The van der Waals surface area contributed by atoms with E-state index >= 15 is 0 Å². The van der Waals surface area contributed by atoms with Crippen molar-refractivity contribution in [3.05, 3.63) is 48.3 Å². The van der Waals surface area contributed by atoms with E-state index in [4.69, 9.17) is 11.6 Å². The Morgan fingerprint density at radius 1 is 1.23 bits per heavy atom. The maximum absolute atomic E-state index is 14.1. The molecule has 0 bridgehead atoms. The van der Waals surface area contributed by atoms with Crippen molar-refractivity contribution >= 4 is 22.6 Å². The number of benzene rings is 2. The molecule has 0 aliphatic rings. The Hall–Kier alpha value is -2.93. The van der Waals surface area contributed by atoms with Gasteiger partial charge in [0.2, 0.25) is 0 Å². The van der Waals surface area contributed by atoms with Gasteiger partial charge in [0.15, 0.2) is 0 Å². The minimum absolute atomic E-state index is 0.0832. The second-order valence-electron chi connectivity index (χ2n) is 4.78. The van der Waals surface area contributed by atoms with Gasteiger partial charge in [0.1, 0.15) is 23.7 Å². The van der Waals surface area contributed by atoms with Gasteiger partial charge in [0.25, 0.3) is 5.91 Å². The number of nitrogens with zero attached hydrogens (tertiary/aromatic N) is 2. The van der Waals surface area contributed by atoms with Crippen molar-refractivity contribution in [3.8, 4) is 11.4 Å².